The molecular weight excluding hydrogens is 557 g/mol. The molecule has 10 nitrogen and oxygen atoms in total. The fourth-order valence-corrected chi connectivity index (χ4v) is 7.25. The Morgan fingerprint density at radius 2 is 2.03 bits per heavy atom. The zero-order valence-corrected chi connectivity index (χ0v) is 25.3. The van der Waals surface area contributed by atoms with Gasteiger partial charge in [-0.05, 0) is 44.5 Å². The summed E-state index contributed by atoms with van der Waals surface area (Å²) in [6.45, 7) is 8.14. The van der Waals surface area contributed by atoms with Gasteiger partial charge in [0, 0.05) is 35.8 Å². The number of H-pyrrole nitrogens is 1. The summed E-state index contributed by atoms with van der Waals surface area (Å²) in [4.78, 5) is 9.53. The molecule has 1 fully saturated rings. The lowest BCUT2D eigenvalue weighted by Crippen LogP contribution is -2.39. The molecule has 3 N–H and O–H groups in total. The lowest BCUT2D eigenvalue weighted by Gasteiger charge is -2.34. The Hall–Kier alpha value is -2.39. The molecule has 3 aromatic rings. The van der Waals surface area contributed by atoms with Crippen LogP contribution >= 0.6 is 11.3 Å². The van der Waals surface area contributed by atoms with Crippen molar-refractivity contribution < 1.29 is 17.3 Å². The highest BCUT2D eigenvalue weighted by Gasteiger charge is 2.31. The first-order chi connectivity index (χ1) is 18.2. The number of terminal acetylenes is 1. The van der Waals surface area contributed by atoms with Crippen molar-refractivity contribution in [3.63, 3.8) is 0 Å². The number of rotatable bonds is 14. The van der Waals surface area contributed by atoms with E-state index in [-0.39, 0.29) is 42.0 Å². The van der Waals surface area contributed by atoms with Crippen molar-refractivity contribution in [2.45, 2.75) is 62.6 Å². The van der Waals surface area contributed by atoms with Crippen LogP contribution in [-0.2, 0) is 18.9 Å². The molecule has 38 heavy (non-hydrogen) atoms. The third-order valence-corrected chi connectivity index (χ3v) is 9.96. The Morgan fingerprint density at radius 1 is 1.29 bits per heavy atom. The maximum atomic E-state index is 13.0. The Kier molecular flexibility index (Phi) is 9.19. The monoisotopic (exact) mass is 586 g/mol. The Labute approximate surface area is 232 Å². The van der Waals surface area contributed by atoms with E-state index in [9.17, 15) is 8.42 Å². The van der Waals surface area contributed by atoms with Crippen LogP contribution in [0, 0.1) is 17.8 Å². The van der Waals surface area contributed by atoms with Crippen molar-refractivity contribution >= 4 is 52.5 Å². The SMILES string of the molecule is C#Cc1cnc(-c2ccc(S(=O)(=O)NCCC(C)(C)C(O[Si]C)O[Si]C)s2)nc1Nc1cc(C2CC2)[nH]n1. The molecule has 200 valence electrons. The second-order valence-corrected chi connectivity index (χ2v) is 13.8. The molecule has 0 atom stereocenters. The van der Waals surface area contributed by atoms with Gasteiger partial charge in [-0.1, -0.05) is 19.8 Å². The van der Waals surface area contributed by atoms with Gasteiger partial charge in [-0.2, -0.15) is 5.10 Å². The predicted molar refractivity (Wildman–Crippen MR) is 150 cm³/mol. The van der Waals surface area contributed by atoms with Gasteiger partial charge in [0.15, 0.2) is 17.5 Å². The van der Waals surface area contributed by atoms with E-state index in [0.717, 1.165) is 29.9 Å². The smallest absolute Gasteiger partial charge is 0.250 e. The number of hydrogen-bond donors (Lipinski definition) is 3. The second-order valence-electron chi connectivity index (χ2n) is 9.44. The van der Waals surface area contributed by atoms with E-state index in [1.807, 2.05) is 33.0 Å². The number of nitrogens with zero attached hydrogens (tertiary/aromatic N) is 3. The van der Waals surface area contributed by atoms with Crippen LogP contribution in [-0.4, -0.2) is 60.9 Å². The minimum atomic E-state index is -3.72. The molecule has 14 heteroatoms. The highest BCUT2D eigenvalue weighted by Crippen LogP contribution is 2.40. The number of aromatic amines is 1. The van der Waals surface area contributed by atoms with Crippen molar-refractivity contribution in [2.75, 3.05) is 11.9 Å². The van der Waals surface area contributed by atoms with Gasteiger partial charge in [0.2, 0.25) is 29.5 Å². The number of aromatic nitrogens is 4. The summed E-state index contributed by atoms with van der Waals surface area (Å²) < 4.78 is 40.4. The third-order valence-electron chi connectivity index (χ3n) is 6.02. The average molecular weight is 587 g/mol. The van der Waals surface area contributed by atoms with Crippen molar-refractivity contribution in [1.29, 1.82) is 0 Å². The zero-order valence-electron chi connectivity index (χ0n) is 21.7. The minimum absolute atomic E-state index is 0.181. The first-order valence-corrected chi connectivity index (χ1v) is 17.2. The first-order valence-electron chi connectivity index (χ1n) is 12.1. The molecule has 3 heterocycles. The van der Waals surface area contributed by atoms with Crippen molar-refractivity contribution in [3.8, 4) is 23.0 Å². The van der Waals surface area contributed by atoms with Gasteiger partial charge in [-0.25, -0.2) is 23.1 Å². The molecule has 1 aliphatic carbocycles. The summed E-state index contributed by atoms with van der Waals surface area (Å²) in [6, 6.07) is 5.20. The van der Waals surface area contributed by atoms with Crippen LogP contribution in [0.3, 0.4) is 0 Å². The largest absolute Gasteiger partial charge is 0.394 e. The Bertz CT molecular complexity index is 1390. The average Bonchev–Trinajstić information content (AvgIpc) is 3.41. The standard InChI is InChI=1S/C24H30N6O4S2Si2/c1-6-15-14-25-22(28-21(15)27-19-13-17(29-30-19)16-7-8-16)18-9-10-20(35-18)36(31,32)26-12-11-24(2,3)23(33-37-4)34-38-5/h1,9-10,13-14,16,23,26H,7-8,11-12H2,2-5H3,(H2,25,27,28,29,30). The van der Waals surface area contributed by atoms with E-state index in [0.29, 0.717) is 40.2 Å². The maximum absolute atomic E-state index is 13.0. The molecule has 0 aliphatic heterocycles. The molecule has 0 saturated heterocycles. The van der Waals surface area contributed by atoms with Crippen molar-refractivity contribution in [1.82, 2.24) is 24.9 Å². The van der Waals surface area contributed by atoms with Crippen LogP contribution in [0.5, 0.6) is 0 Å². The fraction of sp³-hybridized carbons (Fsp3) is 0.458. The number of nitrogens with one attached hydrogen (secondary N) is 3. The van der Waals surface area contributed by atoms with E-state index in [1.54, 1.807) is 18.3 Å². The normalized spacial score (nSPS) is 14.1. The quantitative estimate of drug-likeness (QED) is 0.147. The van der Waals surface area contributed by atoms with Crippen LogP contribution in [0.2, 0.25) is 13.1 Å². The molecule has 4 radical (unpaired) electrons. The van der Waals surface area contributed by atoms with E-state index in [4.69, 9.17) is 15.3 Å². The lowest BCUT2D eigenvalue weighted by molar-refractivity contribution is -0.0812. The summed E-state index contributed by atoms with van der Waals surface area (Å²) in [6.07, 6.45) is 9.67. The molecule has 0 spiro atoms. The topological polar surface area (TPSA) is 131 Å². The zero-order chi connectivity index (χ0) is 27.3. The number of thiophene rings is 1. The Balaban J connectivity index is 1.44. The molecule has 1 saturated carbocycles. The summed E-state index contributed by atoms with van der Waals surface area (Å²) in [5, 5.41) is 10.5. The van der Waals surface area contributed by atoms with E-state index >= 15 is 0 Å². The molecule has 4 rings (SSSR count). The molecule has 0 aromatic carbocycles. The van der Waals surface area contributed by atoms with Crippen LogP contribution in [0.4, 0.5) is 11.6 Å². The second kappa shape index (κ2) is 12.2. The van der Waals surface area contributed by atoms with E-state index in [1.165, 1.54) is 0 Å². The molecule has 1 aliphatic rings. The summed E-state index contributed by atoms with van der Waals surface area (Å²) in [7, 11) is -3.15. The van der Waals surface area contributed by atoms with E-state index < -0.39 is 10.0 Å². The maximum Gasteiger partial charge on any atom is 0.250 e. The van der Waals surface area contributed by atoms with Crippen molar-refractivity contribution in [2.24, 2.45) is 5.41 Å². The van der Waals surface area contributed by atoms with Gasteiger partial charge in [-0.3, -0.25) is 5.10 Å². The summed E-state index contributed by atoms with van der Waals surface area (Å²) >= 11 is 1.09. The molecule has 0 amide bonds. The number of sulfonamides is 1. The molecule has 0 unspecified atom stereocenters. The van der Waals surface area contributed by atoms with Crippen LogP contribution in [0.1, 0.15) is 50.3 Å². The van der Waals surface area contributed by atoms with E-state index in [2.05, 4.69) is 36.1 Å². The molecule has 0 bridgehead atoms. The number of anilines is 2. The lowest BCUT2D eigenvalue weighted by atomic mass is 9.89. The third kappa shape index (κ3) is 6.97. The van der Waals surface area contributed by atoms with Crippen molar-refractivity contribution in [3.05, 3.63) is 35.7 Å². The number of hydrogen-bond acceptors (Lipinski definition) is 9. The van der Waals surface area contributed by atoms with Gasteiger partial charge >= 0.3 is 0 Å². The van der Waals surface area contributed by atoms with Gasteiger partial charge < -0.3 is 14.2 Å². The Morgan fingerprint density at radius 3 is 2.68 bits per heavy atom. The van der Waals surface area contributed by atoms with Gasteiger partial charge in [-0.15, -0.1) is 17.8 Å². The molecular formula is C24H30N6O4S2Si2. The predicted octanol–water partition coefficient (Wildman–Crippen LogP) is 3.92. The van der Waals surface area contributed by atoms with Gasteiger partial charge in [0.1, 0.15) is 10.5 Å². The highest BCUT2D eigenvalue weighted by molar-refractivity contribution is 7.91. The minimum Gasteiger partial charge on any atom is -0.394 e. The van der Waals surface area contributed by atoms with Gasteiger partial charge in [0.25, 0.3) is 0 Å². The highest BCUT2D eigenvalue weighted by atomic mass is 32.2. The fourth-order valence-electron chi connectivity index (χ4n) is 3.67. The van der Waals surface area contributed by atoms with Gasteiger partial charge in [0.05, 0.1) is 10.4 Å². The molecule has 3 aromatic heterocycles. The summed E-state index contributed by atoms with van der Waals surface area (Å²) in [5.41, 5.74) is 1.20. The summed E-state index contributed by atoms with van der Waals surface area (Å²) in [5.74, 6) is 4.54. The first kappa shape index (κ1) is 28.6. The van der Waals surface area contributed by atoms with Crippen LogP contribution < -0.4 is 10.0 Å². The van der Waals surface area contributed by atoms with Crippen LogP contribution in [0.15, 0.2) is 28.6 Å². The van der Waals surface area contributed by atoms with Crippen LogP contribution in [0.25, 0.3) is 10.7 Å².